The van der Waals surface area contributed by atoms with Gasteiger partial charge in [0.05, 0.1) is 32.0 Å². The van der Waals surface area contributed by atoms with Crippen molar-refractivity contribution in [3.8, 4) is 0 Å². The molecule has 85 heavy (non-hydrogen) atoms. The molecule has 1 saturated heterocycles. The molecule has 0 spiro atoms. The topological polar surface area (TPSA) is 175 Å². The van der Waals surface area contributed by atoms with Crippen molar-refractivity contribution in [2.24, 2.45) is 0 Å². The van der Waals surface area contributed by atoms with Gasteiger partial charge in [-0.25, -0.2) is 0 Å². The van der Waals surface area contributed by atoms with Crippen LogP contribution in [0.3, 0.4) is 0 Å². The summed E-state index contributed by atoms with van der Waals surface area (Å²) in [7, 11) is 0. The quantitative estimate of drug-likeness (QED) is 0.0195. The second kappa shape index (κ2) is 62.4. The number of hydrogen-bond acceptors (Lipinski definition) is 10. The van der Waals surface area contributed by atoms with Crippen LogP contribution < -0.4 is 5.32 Å². The van der Waals surface area contributed by atoms with Gasteiger partial charge in [-0.05, 0) is 116 Å². The molecule has 0 bridgehead atoms. The Morgan fingerprint density at radius 3 is 1.28 bits per heavy atom. The lowest BCUT2D eigenvalue weighted by atomic mass is 9.99. The second-order valence-electron chi connectivity index (χ2n) is 24.2. The molecule has 492 valence electrons. The number of unbranched alkanes of at least 4 members (excludes halogenated alkanes) is 35. The molecular formula is C74H131NO10. The second-order valence-corrected chi connectivity index (χ2v) is 24.2. The number of carbonyl (C=O) groups excluding carboxylic acids is 2. The normalized spacial score (nSPS) is 18.5. The number of carbonyl (C=O) groups is 2. The van der Waals surface area contributed by atoms with E-state index in [0.29, 0.717) is 19.4 Å². The molecule has 0 saturated carbocycles. The molecule has 1 aliphatic heterocycles. The number of hydrogen-bond donors (Lipinski definition) is 6. The Morgan fingerprint density at radius 2 is 0.835 bits per heavy atom. The summed E-state index contributed by atoms with van der Waals surface area (Å²) in [6.07, 6.45) is 76.0. The van der Waals surface area contributed by atoms with Gasteiger partial charge in [0.2, 0.25) is 5.91 Å². The first-order valence-electron chi connectivity index (χ1n) is 35.4. The van der Waals surface area contributed by atoms with Crippen molar-refractivity contribution in [1.29, 1.82) is 0 Å². The van der Waals surface area contributed by atoms with E-state index in [-0.39, 0.29) is 18.5 Å². The number of rotatable bonds is 61. The van der Waals surface area contributed by atoms with E-state index in [1.54, 1.807) is 6.08 Å². The smallest absolute Gasteiger partial charge is 0.305 e. The fourth-order valence-electron chi connectivity index (χ4n) is 10.7. The highest BCUT2D eigenvalue weighted by Gasteiger charge is 2.44. The van der Waals surface area contributed by atoms with Crippen LogP contribution in [0.4, 0.5) is 0 Å². The van der Waals surface area contributed by atoms with Crippen molar-refractivity contribution in [2.45, 2.75) is 352 Å². The van der Waals surface area contributed by atoms with Gasteiger partial charge >= 0.3 is 5.97 Å². The lowest BCUT2D eigenvalue weighted by Gasteiger charge is -2.40. The van der Waals surface area contributed by atoms with E-state index in [2.05, 4.69) is 92.1 Å². The predicted molar refractivity (Wildman–Crippen MR) is 356 cm³/mol. The Kier molecular flexibility index (Phi) is 58.7. The molecule has 11 nitrogen and oxygen atoms in total. The Balaban J connectivity index is 1.94. The first-order chi connectivity index (χ1) is 41.7. The van der Waals surface area contributed by atoms with E-state index in [0.717, 1.165) is 83.5 Å². The third kappa shape index (κ3) is 51.4. The molecule has 1 fully saturated rings. The Hall–Kier alpha value is -3.16. The minimum atomic E-state index is -1.58. The Morgan fingerprint density at radius 1 is 0.447 bits per heavy atom. The van der Waals surface area contributed by atoms with Gasteiger partial charge in [0.1, 0.15) is 24.4 Å². The van der Waals surface area contributed by atoms with Crippen LogP contribution in [0.1, 0.15) is 309 Å². The molecule has 0 radical (unpaired) electrons. The summed E-state index contributed by atoms with van der Waals surface area (Å²) in [6, 6.07) is -0.835. The van der Waals surface area contributed by atoms with E-state index >= 15 is 0 Å². The molecule has 1 rings (SSSR count). The minimum absolute atomic E-state index is 0.00941. The van der Waals surface area contributed by atoms with Crippen molar-refractivity contribution in [3.05, 3.63) is 85.1 Å². The molecule has 0 aromatic carbocycles. The molecule has 1 amide bonds. The summed E-state index contributed by atoms with van der Waals surface area (Å²) < 4.78 is 16.7. The van der Waals surface area contributed by atoms with Gasteiger partial charge < -0.3 is 45.1 Å². The zero-order chi connectivity index (χ0) is 61.6. The van der Waals surface area contributed by atoms with Crippen LogP contribution >= 0.6 is 0 Å². The number of allylic oxidation sites excluding steroid dienone is 13. The number of esters is 1. The van der Waals surface area contributed by atoms with Gasteiger partial charge in [0, 0.05) is 12.8 Å². The fourth-order valence-corrected chi connectivity index (χ4v) is 10.7. The summed E-state index contributed by atoms with van der Waals surface area (Å²) in [5.74, 6) is -0.208. The highest BCUT2D eigenvalue weighted by atomic mass is 16.7. The monoisotopic (exact) mass is 1190 g/mol. The lowest BCUT2D eigenvalue weighted by molar-refractivity contribution is -0.302. The minimum Gasteiger partial charge on any atom is -0.466 e. The molecule has 1 heterocycles. The van der Waals surface area contributed by atoms with Crippen LogP contribution in [-0.4, -0.2) is 100 Å². The number of ether oxygens (including phenoxy) is 3. The molecule has 0 aliphatic carbocycles. The Labute approximate surface area is 521 Å². The average molecular weight is 1190 g/mol. The Bertz CT molecular complexity index is 1690. The lowest BCUT2D eigenvalue weighted by Crippen LogP contribution is -2.60. The summed E-state index contributed by atoms with van der Waals surface area (Å²) in [5.41, 5.74) is 0. The molecule has 7 unspecified atom stereocenters. The molecular weight excluding hydrogens is 1060 g/mol. The zero-order valence-corrected chi connectivity index (χ0v) is 54.5. The summed E-state index contributed by atoms with van der Waals surface area (Å²) >= 11 is 0. The molecule has 11 heteroatoms. The van der Waals surface area contributed by atoms with E-state index in [9.17, 15) is 35.1 Å². The number of nitrogens with one attached hydrogen (secondary N) is 1. The van der Waals surface area contributed by atoms with E-state index in [1.807, 2.05) is 6.08 Å². The van der Waals surface area contributed by atoms with E-state index in [1.165, 1.54) is 199 Å². The van der Waals surface area contributed by atoms with Crippen LogP contribution in [0.2, 0.25) is 0 Å². The van der Waals surface area contributed by atoms with Crippen molar-refractivity contribution < 1.29 is 49.3 Å². The maximum Gasteiger partial charge on any atom is 0.305 e. The number of amides is 1. The highest BCUT2D eigenvalue weighted by molar-refractivity contribution is 5.76. The standard InChI is InChI=1S/C74H131NO10/c1-3-5-7-9-11-13-15-16-17-36-39-42-46-50-54-58-62-70(79)83-63-59-55-51-47-43-40-37-34-32-30-28-26-24-22-20-18-19-21-23-25-27-29-31-33-35-38-41-45-49-53-57-61-69(78)75-66(65-84-74-73(82)72(81)71(80)68(64-76)85-74)67(77)60-56-52-48-44-14-12-10-8-6-4-2/h6,8,13-15,17,20,22,26,28,36,44,56,60,66-68,71-74,76-77,80-82H,3-5,7,9-12,16,18-19,21,23-25,27,29-35,37-43,45-55,57-59,61-65H2,1-2H3,(H,75,78)/b8-6+,15-13-,22-20-,28-26-,36-17-,44-14+,60-56+. The highest BCUT2D eigenvalue weighted by Crippen LogP contribution is 2.23. The molecule has 1 aliphatic rings. The number of aliphatic hydroxyl groups is 5. The van der Waals surface area contributed by atoms with Crippen LogP contribution in [-0.2, 0) is 23.8 Å². The average Bonchev–Trinajstić information content (AvgIpc) is 3.71. The number of aliphatic hydroxyl groups excluding tert-OH is 5. The van der Waals surface area contributed by atoms with Crippen molar-refractivity contribution in [1.82, 2.24) is 5.32 Å². The SMILES string of the molecule is CC/C=C/CC/C=C/CC/C=C/C(O)C(COC1OC(CO)C(O)C(O)C1O)NC(=O)CCCCCCCCCCCCCCCCC/C=C\C/C=C\CCCCCCCCCCCOC(=O)CCCCCCC/C=C\C/C=C\CCCCCC. The molecule has 0 aromatic heterocycles. The van der Waals surface area contributed by atoms with Crippen molar-refractivity contribution in [2.75, 3.05) is 19.8 Å². The van der Waals surface area contributed by atoms with Crippen molar-refractivity contribution >= 4 is 11.9 Å². The van der Waals surface area contributed by atoms with E-state index in [4.69, 9.17) is 14.2 Å². The van der Waals surface area contributed by atoms with Gasteiger partial charge in [-0.2, -0.15) is 0 Å². The van der Waals surface area contributed by atoms with Gasteiger partial charge in [0.25, 0.3) is 0 Å². The van der Waals surface area contributed by atoms with Gasteiger partial charge in [-0.15, -0.1) is 0 Å². The maximum absolute atomic E-state index is 13.0. The van der Waals surface area contributed by atoms with Gasteiger partial charge in [0.15, 0.2) is 6.29 Å². The van der Waals surface area contributed by atoms with Crippen LogP contribution in [0.15, 0.2) is 85.1 Å². The van der Waals surface area contributed by atoms with Crippen LogP contribution in [0, 0.1) is 0 Å². The van der Waals surface area contributed by atoms with E-state index < -0.39 is 49.5 Å². The van der Waals surface area contributed by atoms with Crippen molar-refractivity contribution in [3.63, 3.8) is 0 Å². The van der Waals surface area contributed by atoms with Gasteiger partial charge in [-0.1, -0.05) is 266 Å². The third-order valence-electron chi connectivity index (χ3n) is 16.2. The predicted octanol–water partition coefficient (Wildman–Crippen LogP) is 18.1. The third-order valence-corrected chi connectivity index (χ3v) is 16.2. The van der Waals surface area contributed by atoms with Gasteiger partial charge in [-0.3, -0.25) is 9.59 Å². The summed E-state index contributed by atoms with van der Waals surface area (Å²) in [6.45, 7) is 4.18. The van der Waals surface area contributed by atoms with Crippen LogP contribution in [0.25, 0.3) is 0 Å². The summed E-state index contributed by atoms with van der Waals surface area (Å²) in [5, 5.41) is 54.3. The molecule has 6 N–H and O–H groups in total. The first-order valence-corrected chi connectivity index (χ1v) is 35.4. The maximum atomic E-state index is 13.0. The van der Waals surface area contributed by atoms with Crippen LogP contribution in [0.5, 0.6) is 0 Å². The fraction of sp³-hybridized carbons (Fsp3) is 0.784. The zero-order valence-electron chi connectivity index (χ0n) is 54.5. The summed E-state index contributed by atoms with van der Waals surface area (Å²) in [4.78, 5) is 25.1. The molecule has 7 atom stereocenters. The molecule has 0 aromatic rings. The first kappa shape index (κ1) is 79.9. The largest absolute Gasteiger partial charge is 0.466 e.